The number of carbonyl (C=O) groups excluding carboxylic acids is 1. The van der Waals surface area contributed by atoms with E-state index >= 15 is 0 Å². The van der Waals surface area contributed by atoms with Crippen LogP contribution in [0, 0.1) is 5.82 Å². The minimum Gasteiger partial charge on any atom is -0.356 e. The SMILES string of the molecule is C[C@@H](CC(=O)N1CCC(c2noc3cc(F)ccc23)CC1)n1cccn1. The van der Waals surface area contributed by atoms with Crippen LogP contribution in [0.1, 0.15) is 43.8 Å². The molecule has 1 atom stereocenters. The molecule has 0 radical (unpaired) electrons. The highest BCUT2D eigenvalue weighted by Crippen LogP contribution is 2.33. The van der Waals surface area contributed by atoms with Gasteiger partial charge in [-0.2, -0.15) is 5.10 Å². The van der Waals surface area contributed by atoms with E-state index in [0.717, 1.165) is 23.9 Å². The van der Waals surface area contributed by atoms with Crippen LogP contribution in [-0.4, -0.2) is 38.8 Å². The number of piperidine rings is 1. The van der Waals surface area contributed by atoms with Crippen LogP contribution in [0.15, 0.2) is 41.2 Å². The van der Waals surface area contributed by atoms with E-state index < -0.39 is 0 Å². The Labute approximate surface area is 150 Å². The predicted octanol–water partition coefficient (Wildman–Crippen LogP) is 3.52. The van der Waals surface area contributed by atoms with Gasteiger partial charge in [0.1, 0.15) is 5.82 Å². The van der Waals surface area contributed by atoms with Crippen molar-refractivity contribution < 1.29 is 13.7 Å². The normalized spacial score (nSPS) is 16.9. The van der Waals surface area contributed by atoms with E-state index in [0.29, 0.717) is 25.1 Å². The summed E-state index contributed by atoms with van der Waals surface area (Å²) >= 11 is 0. The molecular formula is C19H21FN4O2. The Morgan fingerprint density at radius 3 is 2.92 bits per heavy atom. The molecule has 0 spiro atoms. The van der Waals surface area contributed by atoms with Crippen molar-refractivity contribution in [2.45, 2.75) is 38.1 Å². The average Bonchev–Trinajstić information content (AvgIpc) is 3.31. The molecule has 1 aliphatic heterocycles. The number of hydrogen-bond donors (Lipinski definition) is 0. The molecule has 2 aromatic heterocycles. The molecule has 26 heavy (non-hydrogen) atoms. The Morgan fingerprint density at radius 1 is 1.38 bits per heavy atom. The molecule has 0 bridgehead atoms. The van der Waals surface area contributed by atoms with Crippen LogP contribution < -0.4 is 0 Å². The van der Waals surface area contributed by atoms with E-state index in [-0.39, 0.29) is 23.7 Å². The van der Waals surface area contributed by atoms with Gasteiger partial charge in [-0.15, -0.1) is 0 Å². The Balaban J connectivity index is 1.38. The summed E-state index contributed by atoms with van der Waals surface area (Å²) in [6.07, 6.45) is 5.71. The number of amides is 1. The summed E-state index contributed by atoms with van der Waals surface area (Å²) in [7, 11) is 0. The average molecular weight is 356 g/mol. The van der Waals surface area contributed by atoms with Crippen LogP contribution in [0.4, 0.5) is 4.39 Å². The van der Waals surface area contributed by atoms with E-state index in [1.165, 1.54) is 12.1 Å². The number of rotatable bonds is 4. The summed E-state index contributed by atoms with van der Waals surface area (Å²) in [6, 6.07) is 6.42. The van der Waals surface area contributed by atoms with E-state index in [1.807, 2.05) is 28.8 Å². The number of aromatic nitrogens is 3. The first-order chi connectivity index (χ1) is 12.6. The third kappa shape index (κ3) is 3.21. The number of likely N-dealkylation sites (tertiary alicyclic amines) is 1. The molecule has 1 amide bonds. The molecule has 1 saturated heterocycles. The lowest BCUT2D eigenvalue weighted by molar-refractivity contribution is -0.133. The topological polar surface area (TPSA) is 64.2 Å². The van der Waals surface area contributed by atoms with Gasteiger partial charge in [0.2, 0.25) is 5.91 Å². The Morgan fingerprint density at radius 2 is 2.19 bits per heavy atom. The highest BCUT2D eigenvalue weighted by Gasteiger charge is 2.28. The van der Waals surface area contributed by atoms with Crippen molar-refractivity contribution in [3.63, 3.8) is 0 Å². The second-order valence-electron chi connectivity index (χ2n) is 6.90. The van der Waals surface area contributed by atoms with Crippen LogP contribution in [-0.2, 0) is 4.79 Å². The highest BCUT2D eigenvalue weighted by molar-refractivity contribution is 5.80. The Bertz CT molecular complexity index is 898. The monoisotopic (exact) mass is 356 g/mol. The second kappa shape index (κ2) is 6.90. The van der Waals surface area contributed by atoms with Crippen molar-refractivity contribution in [3.8, 4) is 0 Å². The molecule has 0 N–H and O–H groups in total. The Kier molecular flexibility index (Phi) is 4.44. The van der Waals surface area contributed by atoms with Gasteiger partial charge in [0.15, 0.2) is 5.58 Å². The van der Waals surface area contributed by atoms with Crippen molar-refractivity contribution in [1.82, 2.24) is 19.8 Å². The summed E-state index contributed by atoms with van der Waals surface area (Å²) in [4.78, 5) is 14.5. The minimum atomic E-state index is -0.327. The zero-order valence-electron chi connectivity index (χ0n) is 14.6. The lowest BCUT2D eigenvalue weighted by Gasteiger charge is -2.32. The van der Waals surface area contributed by atoms with Crippen molar-refractivity contribution in [3.05, 3.63) is 48.2 Å². The van der Waals surface area contributed by atoms with Gasteiger partial charge in [-0.1, -0.05) is 5.16 Å². The summed E-state index contributed by atoms with van der Waals surface area (Å²) in [6.45, 7) is 3.40. The van der Waals surface area contributed by atoms with E-state index in [9.17, 15) is 9.18 Å². The first-order valence-electron chi connectivity index (χ1n) is 8.93. The molecule has 1 aliphatic rings. The highest BCUT2D eigenvalue weighted by atomic mass is 19.1. The first kappa shape index (κ1) is 16.8. The van der Waals surface area contributed by atoms with Crippen LogP contribution >= 0.6 is 0 Å². The van der Waals surface area contributed by atoms with Gasteiger partial charge in [-0.25, -0.2) is 4.39 Å². The Hall–Kier alpha value is -2.70. The van der Waals surface area contributed by atoms with Crippen LogP contribution in [0.25, 0.3) is 11.0 Å². The standard InChI is InChI=1S/C19H21FN4O2/c1-13(24-8-2-7-21-24)11-18(25)23-9-5-14(6-10-23)19-16-4-3-15(20)12-17(16)26-22-19/h2-4,7-8,12-14H,5-6,9-11H2,1H3/t13-/m0/s1. The van der Waals surface area contributed by atoms with Crippen molar-refractivity contribution in [2.24, 2.45) is 0 Å². The van der Waals surface area contributed by atoms with Crippen molar-refractivity contribution in [2.75, 3.05) is 13.1 Å². The number of carbonyl (C=O) groups is 1. The summed E-state index contributed by atoms with van der Waals surface area (Å²) in [5.41, 5.74) is 1.35. The fraction of sp³-hybridized carbons (Fsp3) is 0.421. The molecule has 3 aromatic rings. The van der Waals surface area contributed by atoms with Crippen LogP contribution in [0.5, 0.6) is 0 Å². The summed E-state index contributed by atoms with van der Waals surface area (Å²) in [5, 5.41) is 9.22. The lowest BCUT2D eigenvalue weighted by Crippen LogP contribution is -2.38. The zero-order valence-corrected chi connectivity index (χ0v) is 14.6. The maximum Gasteiger partial charge on any atom is 0.224 e. The second-order valence-corrected chi connectivity index (χ2v) is 6.90. The lowest BCUT2D eigenvalue weighted by atomic mass is 9.91. The van der Waals surface area contributed by atoms with E-state index in [1.54, 1.807) is 12.3 Å². The molecule has 3 heterocycles. The summed E-state index contributed by atoms with van der Waals surface area (Å²) < 4.78 is 20.4. The molecule has 6 nitrogen and oxygen atoms in total. The molecule has 4 rings (SSSR count). The van der Waals surface area contributed by atoms with Gasteiger partial charge < -0.3 is 9.42 Å². The smallest absolute Gasteiger partial charge is 0.224 e. The molecule has 0 unspecified atom stereocenters. The van der Waals surface area contributed by atoms with Crippen LogP contribution in [0.2, 0.25) is 0 Å². The van der Waals surface area contributed by atoms with Gasteiger partial charge in [0.25, 0.3) is 0 Å². The number of halogens is 1. The molecule has 0 aliphatic carbocycles. The van der Waals surface area contributed by atoms with Gasteiger partial charge in [-0.3, -0.25) is 9.48 Å². The maximum absolute atomic E-state index is 13.3. The molecule has 1 fully saturated rings. The number of nitrogens with zero attached hydrogens (tertiary/aromatic N) is 4. The maximum atomic E-state index is 13.3. The largest absolute Gasteiger partial charge is 0.356 e. The predicted molar refractivity (Wildman–Crippen MR) is 94.1 cm³/mol. The molecule has 0 saturated carbocycles. The summed E-state index contributed by atoms with van der Waals surface area (Å²) in [5.74, 6) is 0.0553. The molecule has 7 heteroatoms. The third-order valence-corrected chi connectivity index (χ3v) is 5.14. The van der Waals surface area contributed by atoms with Crippen molar-refractivity contribution in [1.29, 1.82) is 0 Å². The fourth-order valence-corrected chi connectivity index (χ4v) is 3.64. The van der Waals surface area contributed by atoms with Gasteiger partial charge >= 0.3 is 0 Å². The van der Waals surface area contributed by atoms with E-state index in [2.05, 4.69) is 10.3 Å². The first-order valence-corrected chi connectivity index (χ1v) is 8.93. The fourth-order valence-electron chi connectivity index (χ4n) is 3.64. The quantitative estimate of drug-likeness (QED) is 0.717. The van der Waals surface area contributed by atoms with Crippen molar-refractivity contribution >= 4 is 16.9 Å². The molecule has 136 valence electrons. The zero-order chi connectivity index (χ0) is 18.1. The minimum absolute atomic E-state index is 0.0459. The molecular weight excluding hydrogens is 335 g/mol. The van der Waals surface area contributed by atoms with Gasteiger partial charge in [0, 0.05) is 49.3 Å². The van der Waals surface area contributed by atoms with Gasteiger partial charge in [-0.05, 0) is 38.0 Å². The number of benzene rings is 1. The third-order valence-electron chi connectivity index (χ3n) is 5.14. The van der Waals surface area contributed by atoms with Gasteiger partial charge in [0.05, 0.1) is 11.7 Å². The van der Waals surface area contributed by atoms with E-state index in [4.69, 9.17) is 4.52 Å². The molecule has 1 aromatic carbocycles. The number of hydrogen-bond acceptors (Lipinski definition) is 4. The number of fused-ring (bicyclic) bond motifs is 1. The van der Waals surface area contributed by atoms with Crippen LogP contribution in [0.3, 0.4) is 0 Å².